The quantitative estimate of drug-likeness (QED) is 0.0681. The Labute approximate surface area is 512 Å². The molecule has 4 aliphatic carbocycles. The molecule has 9 fully saturated rings. The second-order valence-corrected chi connectivity index (χ2v) is 27.1. The van der Waals surface area contributed by atoms with Crippen molar-refractivity contribution in [1.29, 1.82) is 0 Å². The number of aliphatic hydroxyl groups excluding tert-OH is 5. The predicted octanol–water partition coefficient (Wildman–Crippen LogP) is 2.69. The molecule has 9 rings (SSSR count). The number of hydrogen-bond acceptors (Lipinski definition) is 25. The lowest BCUT2D eigenvalue weighted by molar-refractivity contribution is -0.374. The Kier molecular flexibility index (Phi) is 22.3. The summed E-state index contributed by atoms with van der Waals surface area (Å²) in [6.07, 6.45) is -15.5. The Balaban J connectivity index is 0.765. The van der Waals surface area contributed by atoms with Crippen molar-refractivity contribution in [1.82, 2.24) is 0 Å². The fourth-order valence-electron chi connectivity index (χ4n) is 17.1. The summed E-state index contributed by atoms with van der Waals surface area (Å²) in [6.45, 7) is 17.6. The van der Waals surface area contributed by atoms with Crippen molar-refractivity contribution in [3.05, 3.63) is 0 Å². The van der Waals surface area contributed by atoms with Gasteiger partial charge < -0.3 is 112 Å². The van der Waals surface area contributed by atoms with E-state index in [0.29, 0.717) is 32.1 Å². The number of esters is 2. The van der Waals surface area contributed by atoms with Crippen LogP contribution < -0.4 is 0 Å². The minimum Gasteiger partial charge on any atom is -0.462 e. The van der Waals surface area contributed by atoms with Crippen LogP contribution in [0.5, 0.6) is 0 Å². The second-order valence-electron chi connectivity index (χ2n) is 27.1. The molecule has 0 aromatic carbocycles. The van der Waals surface area contributed by atoms with Crippen molar-refractivity contribution in [2.45, 2.75) is 311 Å². The van der Waals surface area contributed by atoms with Crippen molar-refractivity contribution < 1.29 is 121 Å². The van der Waals surface area contributed by atoms with Crippen LogP contribution in [-0.2, 0) is 85.4 Å². The lowest BCUT2D eigenvalue weighted by atomic mass is 9.42. The molecule has 2 unspecified atom stereocenters. The number of carbonyl (C=O) groups excluding carboxylic acids is 2. The summed E-state index contributed by atoms with van der Waals surface area (Å²) in [5, 5.41) is 78.3. The minimum atomic E-state index is -1.68. The predicted molar refractivity (Wildman–Crippen MR) is 303 cm³/mol. The topological polar surface area (TPSA) is 323 Å². The average molecular weight is 1250 g/mol. The lowest BCUT2D eigenvalue weighted by Crippen LogP contribution is -2.72. The van der Waals surface area contributed by atoms with Crippen LogP contribution in [0, 0.1) is 34.5 Å². The van der Waals surface area contributed by atoms with Gasteiger partial charge in [-0.3, -0.25) is 9.59 Å². The average Bonchev–Trinajstić information content (AvgIpc) is 1.60. The fourth-order valence-corrected chi connectivity index (χ4v) is 17.1. The maximum Gasteiger partial charge on any atom is 0.309 e. The van der Waals surface area contributed by atoms with Crippen LogP contribution in [0.2, 0.25) is 0 Å². The van der Waals surface area contributed by atoms with E-state index in [9.17, 15) is 45.3 Å². The number of carbonyl (C=O) groups is 2. The summed E-state index contributed by atoms with van der Waals surface area (Å²) in [5.41, 5.74) is -4.51. The number of rotatable bonds is 20. The first-order chi connectivity index (χ1) is 41.1. The van der Waals surface area contributed by atoms with E-state index in [1.807, 2.05) is 27.7 Å². The van der Waals surface area contributed by atoms with Gasteiger partial charge in [0.1, 0.15) is 78.8 Å². The van der Waals surface area contributed by atoms with Crippen molar-refractivity contribution in [3.63, 3.8) is 0 Å². The zero-order chi connectivity index (χ0) is 63.4. The molecule has 9 aliphatic rings. The third-order valence-corrected chi connectivity index (χ3v) is 22.5. The molecule has 0 amide bonds. The first-order valence-corrected chi connectivity index (χ1v) is 32.0. The molecule has 87 heavy (non-hydrogen) atoms. The van der Waals surface area contributed by atoms with Gasteiger partial charge in [0.05, 0.1) is 72.4 Å². The third kappa shape index (κ3) is 13.1. The van der Waals surface area contributed by atoms with Crippen LogP contribution >= 0.6 is 0 Å². The molecule has 33 atom stereocenters. The second kappa shape index (κ2) is 28.0. The Bertz CT molecular complexity index is 2270. The zero-order valence-electron chi connectivity index (χ0n) is 53.4. The highest BCUT2D eigenvalue weighted by Gasteiger charge is 2.77. The molecule has 5 saturated heterocycles. The molecular weight excluding hydrogens is 1140 g/mol. The smallest absolute Gasteiger partial charge is 0.309 e. The van der Waals surface area contributed by atoms with Gasteiger partial charge >= 0.3 is 11.9 Å². The van der Waals surface area contributed by atoms with Gasteiger partial charge in [-0.05, 0) is 116 Å². The summed E-state index contributed by atoms with van der Waals surface area (Å²) in [6, 6.07) is 0. The van der Waals surface area contributed by atoms with Gasteiger partial charge in [-0.1, -0.05) is 27.7 Å². The molecule has 0 radical (unpaired) electrons. The number of hydrogen-bond donors (Lipinski definition) is 7. The molecular formula is C62H104O25. The first kappa shape index (κ1) is 69.4. The van der Waals surface area contributed by atoms with Gasteiger partial charge in [0.2, 0.25) is 0 Å². The van der Waals surface area contributed by atoms with E-state index in [-0.39, 0.29) is 48.0 Å². The molecule has 0 bridgehead atoms. The van der Waals surface area contributed by atoms with E-state index >= 15 is 0 Å². The van der Waals surface area contributed by atoms with Gasteiger partial charge in [0.25, 0.3) is 0 Å². The summed E-state index contributed by atoms with van der Waals surface area (Å²) in [4.78, 5) is 25.9. The van der Waals surface area contributed by atoms with Crippen LogP contribution in [-0.4, -0.2) is 247 Å². The Morgan fingerprint density at radius 2 is 1.10 bits per heavy atom. The molecule has 0 aromatic rings. The van der Waals surface area contributed by atoms with E-state index in [1.165, 1.54) is 14.0 Å². The molecule has 25 nitrogen and oxygen atoms in total. The number of methoxy groups -OCH3 is 4. The Hall–Kier alpha value is -1.90. The van der Waals surface area contributed by atoms with Crippen LogP contribution in [0.3, 0.4) is 0 Å². The third-order valence-electron chi connectivity index (χ3n) is 22.5. The van der Waals surface area contributed by atoms with E-state index < -0.39 is 183 Å². The normalized spacial score (nSPS) is 50.9. The van der Waals surface area contributed by atoms with E-state index in [4.69, 9.17) is 75.8 Å². The first-order valence-electron chi connectivity index (χ1n) is 32.0. The number of ether oxygens (including phenoxy) is 16. The van der Waals surface area contributed by atoms with Crippen LogP contribution in [0.15, 0.2) is 0 Å². The fraction of sp³-hybridized carbons (Fsp3) is 0.968. The molecule has 0 spiro atoms. The highest BCUT2D eigenvalue weighted by Crippen LogP contribution is 2.71. The molecule has 5 aliphatic heterocycles. The number of fused-ring (bicyclic) bond motifs is 5. The van der Waals surface area contributed by atoms with Crippen molar-refractivity contribution in [2.24, 2.45) is 34.5 Å². The van der Waals surface area contributed by atoms with Gasteiger partial charge in [0.15, 0.2) is 31.5 Å². The summed E-state index contributed by atoms with van der Waals surface area (Å²) in [7, 11) is 6.17. The van der Waals surface area contributed by atoms with Gasteiger partial charge in [-0.15, -0.1) is 0 Å². The molecule has 25 heteroatoms. The van der Waals surface area contributed by atoms with Gasteiger partial charge in [0, 0.05) is 54.6 Å². The van der Waals surface area contributed by atoms with Crippen LogP contribution in [0.4, 0.5) is 0 Å². The van der Waals surface area contributed by atoms with E-state index in [2.05, 4.69) is 6.92 Å². The summed E-state index contributed by atoms with van der Waals surface area (Å²) in [5.74, 6) is -1.15. The maximum atomic E-state index is 13.1. The molecule has 7 N–H and O–H groups in total. The number of aliphatic hydroxyl groups is 7. The lowest BCUT2D eigenvalue weighted by Gasteiger charge is -2.66. The zero-order valence-corrected chi connectivity index (χ0v) is 53.4. The largest absolute Gasteiger partial charge is 0.462 e. The molecule has 5 heterocycles. The molecule has 4 saturated carbocycles. The Morgan fingerprint density at radius 3 is 1.63 bits per heavy atom. The maximum absolute atomic E-state index is 13.1. The van der Waals surface area contributed by atoms with Crippen molar-refractivity contribution >= 4 is 11.9 Å². The van der Waals surface area contributed by atoms with Crippen LogP contribution in [0.25, 0.3) is 0 Å². The van der Waals surface area contributed by atoms with Gasteiger partial charge in [-0.2, -0.15) is 0 Å². The highest BCUT2D eigenvalue weighted by molar-refractivity contribution is 5.72. The van der Waals surface area contributed by atoms with Crippen molar-refractivity contribution in [2.75, 3.05) is 35.0 Å². The van der Waals surface area contributed by atoms with E-state index in [1.54, 1.807) is 49.0 Å². The standard InChI is InChI=1S/C62H104O25/c1-15-28(2)56(69)80-33(7)61(70)20-21-62(71)37-17-16-35-22-36(18-19-59(35,9)38(37)23-43(60(61,62)10)81-34(8)64)82-44-24-39(72-11)51(29(3)76-44)84-45-25-40(73-12)52(30(4)77-45)85-46-26-41(74-13)53(31(5)78-46)86-58-50(68)55(75-14)54(32(6)79-58)87-57-49(67)48(66)47(65)42(27-63)83-57/h28-33,35-55,57-58,63,65-68,70-71H,15-27H2,1-14H3/t28?,29-,30-,31-,32-,33?,35+,36+,37-,38+,39+,40-,41+,42-,43-,44+,45+,46+,47-,48+,49-,50-,51-,52-,53-,54-,55+,57+,58+,59+,60-,61-,62+/m1/s1. The molecule has 502 valence electrons. The Morgan fingerprint density at radius 1 is 0.575 bits per heavy atom. The molecule has 0 aromatic heterocycles. The van der Waals surface area contributed by atoms with Crippen LogP contribution in [0.1, 0.15) is 146 Å². The minimum absolute atomic E-state index is 0.000497. The van der Waals surface area contributed by atoms with Crippen molar-refractivity contribution in [3.8, 4) is 0 Å². The summed E-state index contributed by atoms with van der Waals surface area (Å²) >= 11 is 0. The van der Waals surface area contributed by atoms with E-state index in [0.717, 1.165) is 32.1 Å². The monoisotopic (exact) mass is 1250 g/mol. The SMILES string of the molecule is CCC(C)C(=O)OC(C)[C@]1(O)CC[C@]2(O)[C@@H]3CC[C@H]4C[C@@H](O[C@H]5C[C@H](OC)[C@H](O[C@H]6C[C@@H](OC)[C@H](O[C@H]7C[C@H](OC)[C@H](O[C@@H]8O[C@H](C)[C@@H](O[C@@H]9O[C@H](CO)[C@@H](O)[C@H](O)[C@H]9O)[C@@H](OC)[C@H]8O)[C@@H](C)O7)[C@@H](C)O6)[C@@H](C)O5)CC[C@]4(C)[C@H]3C[C@@H](OC(C)=O)[C@]12C. The highest BCUT2D eigenvalue weighted by atomic mass is 16.8. The van der Waals surface area contributed by atoms with Gasteiger partial charge in [-0.25, -0.2) is 0 Å². The summed E-state index contributed by atoms with van der Waals surface area (Å²) < 4.78 is 99.7.